The van der Waals surface area contributed by atoms with Gasteiger partial charge in [0.15, 0.2) is 5.03 Å². The van der Waals surface area contributed by atoms with Crippen LogP contribution in [0, 0.1) is 11.8 Å². The summed E-state index contributed by atoms with van der Waals surface area (Å²) in [5.74, 6) is 1.13. The number of halogens is 2. The number of nitrogens with one attached hydrogen (secondary N) is 1. The molecule has 37 heavy (non-hydrogen) atoms. The van der Waals surface area contributed by atoms with Crippen molar-refractivity contribution in [1.82, 2.24) is 28.6 Å². The van der Waals surface area contributed by atoms with Gasteiger partial charge < -0.3 is 5.32 Å². The maximum atomic E-state index is 13.7. The third kappa shape index (κ3) is 4.31. The predicted octanol–water partition coefficient (Wildman–Crippen LogP) is 3.09. The molecule has 6 rings (SSSR count). The summed E-state index contributed by atoms with van der Waals surface area (Å²) in [6.07, 6.45) is 5.24. The first-order valence-electron chi connectivity index (χ1n) is 12.7. The Bertz CT molecular complexity index is 1500. The number of hydrogen-bond donors (Lipinski definition) is 1. The molecular formula is C24H29F2N7O3S. The van der Waals surface area contributed by atoms with Crippen molar-refractivity contribution in [2.24, 2.45) is 18.9 Å². The lowest BCUT2D eigenvalue weighted by Crippen LogP contribution is -2.42. The normalized spacial score (nSPS) is 24.9. The number of hydrogen-bond acceptors (Lipinski definition) is 7. The first-order chi connectivity index (χ1) is 17.7. The number of nitrogens with zero attached hydrogens (tertiary/aromatic N) is 6. The fourth-order valence-corrected chi connectivity index (χ4v) is 7.71. The highest BCUT2D eigenvalue weighted by molar-refractivity contribution is 7.89. The molecule has 1 N–H and O–H groups in total. The molecule has 0 radical (unpaired) electrons. The summed E-state index contributed by atoms with van der Waals surface area (Å²) < 4.78 is 57.5. The second kappa shape index (κ2) is 9.12. The molecule has 10 nitrogen and oxygen atoms in total. The average Bonchev–Trinajstić information content (AvgIpc) is 3.62. The van der Waals surface area contributed by atoms with E-state index < -0.39 is 27.6 Å². The number of alkyl halides is 2. The van der Waals surface area contributed by atoms with E-state index in [1.54, 1.807) is 13.2 Å². The van der Waals surface area contributed by atoms with Crippen LogP contribution >= 0.6 is 0 Å². The van der Waals surface area contributed by atoms with Crippen molar-refractivity contribution in [2.75, 3.05) is 18.4 Å². The van der Waals surface area contributed by atoms with Crippen molar-refractivity contribution < 1.29 is 17.2 Å². The smallest absolute Gasteiger partial charge is 0.269 e. The van der Waals surface area contributed by atoms with Gasteiger partial charge in [-0.2, -0.15) is 14.4 Å². The van der Waals surface area contributed by atoms with Gasteiger partial charge in [0.25, 0.3) is 22.0 Å². The molecule has 3 aliphatic rings. The molecule has 1 saturated heterocycles. The van der Waals surface area contributed by atoms with Crippen LogP contribution in [-0.4, -0.2) is 56.2 Å². The second-order valence-electron chi connectivity index (χ2n) is 10.4. The highest BCUT2D eigenvalue weighted by Gasteiger charge is 2.42. The lowest BCUT2D eigenvalue weighted by molar-refractivity contribution is 0.148. The van der Waals surface area contributed by atoms with Gasteiger partial charge >= 0.3 is 0 Å². The topological polar surface area (TPSA) is 115 Å². The Kier molecular flexibility index (Phi) is 6.02. The van der Waals surface area contributed by atoms with E-state index in [1.165, 1.54) is 31.9 Å². The van der Waals surface area contributed by atoms with Crippen LogP contribution in [0.15, 0.2) is 34.3 Å². The van der Waals surface area contributed by atoms with Crippen LogP contribution in [0.2, 0.25) is 0 Å². The van der Waals surface area contributed by atoms with Gasteiger partial charge in [-0.05, 0) is 56.1 Å². The van der Waals surface area contributed by atoms with E-state index in [9.17, 15) is 22.0 Å². The molecule has 3 aromatic rings. The van der Waals surface area contributed by atoms with Crippen LogP contribution in [-0.2, 0) is 17.1 Å². The summed E-state index contributed by atoms with van der Waals surface area (Å²) in [5.41, 5.74) is -0.807. The minimum Gasteiger partial charge on any atom is -0.351 e. The van der Waals surface area contributed by atoms with Gasteiger partial charge in [0.2, 0.25) is 5.95 Å². The minimum absolute atomic E-state index is 0.0287. The molecule has 0 amide bonds. The molecular weight excluding hydrogens is 504 g/mol. The molecule has 13 heteroatoms. The van der Waals surface area contributed by atoms with Gasteiger partial charge in [0.05, 0.1) is 5.56 Å². The third-order valence-electron chi connectivity index (χ3n) is 8.15. The minimum atomic E-state index is -3.66. The summed E-state index contributed by atoms with van der Waals surface area (Å²) in [6, 6.07) is 2.49. The lowest BCUT2D eigenvalue weighted by Gasteiger charge is -2.31. The quantitative estimate of drug-likeness (QED) is 0.518. The molecule has 3 aromatic heterocycles. The molecule has 2 aliphatic carbocycles. The van der Waals surface area contributed by atoms with E-state index in [-0.39, 0.29) is 17.1 Å². The number of rotatable bonds is 6. The van der Waals surface area contributed by atoms with Gasteiger partial charge in [-0.1, -0.05) is 6.42 Å². The van der Waals surface area contributed by atoms with Gasteiger partial charge in [-0.15, -0.1) is 0 Å². The number of sulfonamides is 1. The van der Waals surface area contributed by atoms with E-state index in [4.69, 9.17) is 0 Å². The number of piperidine rings is 1. The van der Waals surface area contributed by atoms with Crippen molar-refractivity contribution >= 4 is 27.0 Å². The van der Waals surface area contributed by atoms with E-state index >= 15 is 0 Å². The molecule has 3 atom stereocenters. The van der Waals surface area contributed by atoms with Crippen molar-refractivity contribution in [3.05, 3.63) is 40.4 Å². The van der Waals surface area contributed by atoms with Crippen LogP contribution in [0.25, 0.3) is 11.0 Å². The van der Waals surface area contributed by atoms with Crippen molar-refractivity contribution in [1.29, 1.82) is 0 Å². The van der Waals surface area contributed by atoms with Crippen molar-refractivity contribution in [3.8, 4) is 0 Å². The zero-order valence-electron chi connectivity index (χ0n) is 20.4. The monoisotopic (exact) mass is 533 g/mol. The Hall–Kier alpha value is -2.93. The molecule has 198 valence electrons. The summed E-state index contributed by atoms with van der Waals surface area (Å²) >= 11 is 0. The Morgan fingerprint density at radius 1 is 1.14 bits per heavy atom. The number of fused-ring (bicyclic) bond motifs is 3. The number of aromatic nitrogens is 5. The molecule has 2 saturated carbocycles. The first kappa shape index (κ1) is 24.4. The van der Waals surface area contributed by atoms with E-state index in [0.717, 1.165) is 25.7 Å². The highest BCUT2D eigenvalue weighted by Crippen LogP contribution is 2.50. The van der Waals surface area contributed by atoms with E-state index in [1.807, 2.05) is 0 Å². The number of pyridine rings is 1. The Balaban J connectivity index is 1.24. The van der Waals surface area contributed by atoms with Gasteiger partial charge in [0, 0.05) is 50.0 Å². The molecule has 0 aromatic carbocycles. The summed E-state index contributed by atoms with van der Waals surface area (Å²) in [7, 11) is -1.99. The zero-order valence-corrected chi connectivity index (χ0v) is 21.2. The van der Waals surface area contributed by atoms with Crippen molar-refractivity contribution in [3.63, 3.8) is 0 Å². The van der Waals surface area contributed by atoms with Crippen molar-refractivity contribution in [2.45, 2.75) is 62.1 Å². The van der Waals surface area contributed by atoms with E-state index in [0.29, 0.717) is 54.7 Å². The molecule has 3 fully saturated rings. The average molecular weight is 534 g/mol. The zero-order chi connectivity index (χ0) is 25.9. The molecule has 1 aliphatic heterocycles. The maximum absolute atomic E-state index is 13.7. The van der Waals surface area contributed by atoms with Gasteiger partial charge in [-0.25, -0.2) is 22.2 Å². The predicted molar refractivity (Wildman–Crippen MR) is 132 cm³/mol. The van der Waals surface area contributed by atoms with Crippen LogP contribution in [0.3, 0.4) is 0 Å². The van der Waals surface area contributed by atoms with E-state index in [2.05, 4.69) is 20.4 Å². The molecule has 0 spiro atoms. The second-order valence-corrected chi connectivity index (χ2v) is 12.3. The summed E-state index contributed by atoms with van der Waals surface area (Å²) in [6.45, 7) is 0.634. The molecule has 0 unspecified atom stereocenters. The van der Waals surface area contributed by atoms with Gasteiger partial charge in [0.1, 0.15) is 5.65 Å². The Morgan fingerprint density at radius 2 is 1.92 bits per heavy atom. The third-order valence-corrected chi connectivity index (χ3v) is 9.94. The fraction of sp³-hybridized carbons (Fsp3) is 0.583. The van der Waals surface area contributed by atoms with Crippen LogP contribution in [0.5, 0.6) is 0 Å². The summed E-state index contributed by atoms with van der Waals surface area (Å²) in [4.78, 5) is 22.1. The van der Waals surface area contributed by atoms with Crippen LogP contribution in [0.1, 0.15) is 56.6 Å². The lowest BCUT2D eigenvalue weighted by atomic mass is 9.94. The van der Waals surface area contributed by atoms with Crippen LogP contribution in [0.4, 0.5) is 14.7 Å². The number of aryl methyl sites for hydroxylation is 1. The van der Waals surface area contributed by atoms with Crippen LogP contribution < -0.4 is 10.9 Å². The maximum Gasteiger partial charge on any atom is 0.269 e. The van der Waals surface area contributed by atoms with Gasteiger partial charge in [-0.3, -0.25) is 14.0 Å². The molecule has 4 heterocycles. The first-order valence-corrected chi connectivity index (χ1v) is 14.1. The Morgan fingerprint density at radius 3 is 2.54 bits per heavy atom. The largest absolute Gasteiger partial charge is 0.351 e. The fourth-order valence-electron chi connectivity index (χ4n) is 6.29. The Labute approximate surface area is 212 Å². The highest BCUT2D eigenvalue weighted by atomic mass is 32.2. The number of anilines is 1. The standard InChI is InChI=1S/C24H29F2N7O3S/c1-31-7-6-20(30-31)37(35,36)32-8-4-17(5-9-32)28-24-27-13-16-12-18(21(25)26)23(34)33(22(16)29-24)19-11-14-2-3-15(19)10-14/h6-7,12-15,17,19,21H,2-5,8-11H2,1H3,(H,27,28,29)/t14-,15+,19+/m1/s1. The summed E-state index contributed by atoms with van der Waals surface area (Å²) in [5, 5.41) is 7.74. The molecule has 2 bridgehead atoms. The SMILES string of the molecule is Cn1ccc(S(=O)(=O)N2CCC(Nc3ncc4cc(C(F)F)c(=O)n([C@H]5C[C@@H]6CC[C@H]5C6)c4n3)CC2)n1.